The zero-order chi connectivity index (χ0) is 14.9. The summed E-state index contributed by atoms with van der Waals surface area (Å²) < 4.78 is 18.8. The van der Waals surface area contributed by atoms with Crippen molar-refractivity contribution in [3.8, 4) is 5.75 Å². The predicted octanol–water partition coefficient (Wildman–Crippen LogP) is 4.15. The summed E-state index contributed by atoms with van der Waals surface area (Å²) in [7, 11) is 1.63. The molecule has 2 aromatic carbocycles. The maximum Gasteiger partial charge on any atom is 0.142 e. The summed E-state index contributed by atoms with van der Waals surface area (Å²) in [5.74, 6) is 0.353. The number of ether oxygens (including phenoxy) is 1. The smallest absolute Gasteiger partial charge is 0.142 e. The van der Waals surface area contributed by atoms with Gasteiger partial charge in [0.2, 0.25) is 0 Å². The van der Waals surface area contributed by atoms with Gasteiger partial charge in [-0.1, -0.05) is 29.8 Å². The normalized spacial score (nSPS) is 12.3. The van der Waals surface area contributed by atoms with Crippen LogP contribution >= 0.6 is 11.6 Å². The number of halogens is 2. The topological polar surface area (TPSA) is 35.2 Å². The van der Waals surface area contributed by atoms with Gasteiger partial charge in [-0.15, -0.1) is 0 Å². The summed E-state index contributed by atoms with van der Waals surface area (Å²) in [4.78, 5) is 0. The van der Waals surface area contributed by atoms with E-state index in [4.69, 9.17) is 22.1 Å². The predicted molar refractivity (Wildman–Crippen MR) is 79.9 cm³/mol. The van der Waals surface area contributed by atoms with E-state index in [1.165, 1.54) is 6.07 Å². The standard InChI is InChI=1S/C16H17ClFNO/c1-9-8-14(20-3)10(2)7-12(9)16(19)11-5-4-6-13(18)15(11)17/h4-8,16H,19H2,1-3H3. The zero-order valence-corrected chi connectivity index (χ0v) is 12.5. The molecule has 0 aliphatic carbocycles. The minimum absolute atomic E-state index is 0.0767. The number of benzene rings is 2. The van der Waals surface area contributed by atoms with Crippen molar-refractivity contribution in [1.82, 2.24) is 0 Å². The lowest BCUT2D eigenvalue weighted by Gasteiger charge is -2.19. The monoisotopic (exact) mass is 293 g/mol. The second-order valence-corrected chi connectivity index (χ2v) is 5.18. The van der Waals surface area contributed by atoms with Gasteiger partial charge < -0.3 is 10.5 Å². The Morgan fingerprint density at radius 1 is 1.15 bits per heavy atom. The highest BCUT2D eigenvalue weighted by molar-refractivity contribution is 6.31. The van der Waals surface area contributed by atoms with Crippen LogP contribution in [0.25, 0.3) is 0 Å². The van der Waals surface area contributed by atoms with Crippen LogP contribution in [-0.4, -0.2) is 7.11 Å². The Hall–Kier alpha value is -1.58. The first-order valence-electron chi connectivity index (χ1n) is 6.30. The van der Waals surface area contributed by atoms with E-state index in [0.717, 1.165) is 22.4 Å². The van der Waals surface area contributed by atoms with E-state index in [0.29, 0.717) is 5.56 Å². The third kappa shape index (κ3) is 2.65. The van der Waals surface area contributed by atoms with Gasteiger partial charge in [0, 0.05) is 0 Å². The maximum absolute atomic E-state index is 13.5. The van der Waals surface area contributed by atoms with Gasteiger partial charge in [-0.05, 0) is 48.2 Å². The first-order chi connectivity index (χ1) is 9.45. The van der Waals surface area contributed by atoms with Gasteiger partial charge in [0.25, 0.3) is 0 Å². The Kier molecular flexibility index (Phi) is 4.31. The number of nitrogens with two attached hydrogens (primary N) is 1. The fourth-order valence-corrected chi connectivity index (χ4v) is 2.54. The highest BCUT2D eigenvalue weighted by Gasteiger charge is 2.18. The number of rotatable bonds is 3. The minimum Gasteiger partial charge on any atom is -0.496 e. The van der Waals surface area contributed by atoms with Crippen LogP contribution in [0, 0.1) is 19.7 Å². The fourth-order valence-electron chi connectivity index (χ4n) is 2.30. The molecule has 0 bridgehead atoms. The Balaban J connectivity index is 2.51. The van der Waals surface area contributed by atoms with Gasteiger partial charge in [0.1, 0.15) is 11.6 Å². The molecule has 0 aliphatic heterocycles. The first-order valence-corrected chi connectivity index (χ1v) is 6.68. The van der Waals surface area contributed by atoms with Gasteiger partial charge in [-0.3, -0.25) is 0 Å². The van der Waals surface area contributed by atoms with Crippen molar-refractivity contribution in [3.63, 3.8) is 0 Å². The molecule has 0 saturated carbocycles. The second kappa shape index (κ2) is 5.81. The van der Waals surface area contributed by atoms with Gasteiger partial charge >= 0.3 is 0 Å². The van der Waals surface area contributed by atoms with Crippen LogP contribution in [0.15, 0.2) is 30.3 Å². The Morgan fingerprint density at radius 2 is 1.85 bits per heavy atom. The molecule has 0 radical (unpaired) electrons. The molecule has 106 valence electrons. The molecule has 0 spiro atoms. The molecule has 2 N–H and O–H groups in total. The van der Waals surface area contributed by atoms with Crippen LogP contribution in [0.2, 0.25) is 5.02 Å². The van der Waals surface area contributed by atoms with Crippen LogP contribution in [-0.2, 0) is 0 Å². The van der Waals surface area contributed by atoms with Gasteiger partial charge in [-0.25, -0.2) is 4.39 Å². The van der Waals surface area contributed by atoms with E-state index >= 15 is 0 Å². The molecular formula is C16H17ClFNO. The highest BCUT2D eigenvalue weighted by Crippen LogP contribution is 2.32. The lowest BCUT2D eigenvalue weighted by atomic mass is 9.93. The largest absolute Gasteiger partial charge is 0.496 e. The zero-order valence-electron chi connectivity index (χ0n) is 11.7. The molecule has 20 heavy (non-hydrogen) atoms. The van der Waals surface area contributed by atoms with Crippen LogP contribution in [0.1, 0.15) is 28.3 Å². The molecule has 0 fully saturated rings. The third-order valence-electron chi connectivity index (χ3n) is 3.44. The molecule has 0 heterocycles. The van der Waals surface area contributed by atoms with Crippen molar-refractivity contribution >= 4 is 11.6 Å². The fraction of sp³-hybridized carbons (Fsp3) is 0.250. The van der Waals surface area contributed by atoms with Gasteiger partial charge in [-0.2, -0.15) is 0 Å². The van der Waals surface area contributed by atoms with Crippen molar-refractivity contribution in [2.45, 2.75) is 19.9 Å². The van der Waals surface area contributed by atoms with Crippen LogP contribution < -0.4 is 10.5 Å². The summed E-state index contributed by atoms with van der Waals surface area (Å²) >= 11 is 6.01. The molecule has 2 aromatic rings. The van der Waals surface area contributed by atoms with E-state index in [1.807, 2.05) is 26.0 Å². The minimum atomic E-state index is -0.470. The quantitative estimate of drug-likeness (QED) is 0.922. The molecule has 2 nitrogen and oxygen atoms in total. The molecule has 2 rings (SSSR count). The van der Waals surface area contributed by atoms with E-state index in [-0.39, 0.29) is 5.02 Å². The number of hydrogen-bond donors (Lipinski definition) is 1. The number of aryl methyl sites for hydroxylation is 2. The van der Waals surface area contributed by atoms with E-state index in [1.54, 1.807) is 19.2 Å². The van der Waals surface area contributed by atoms with Crippen molar-refractivity contribution in [2.24, 2.45) is 5.73 Å². The summed E-state index contributed by atoms with van der Waals surface area (Å²) in [6.45, 7) is 3.89. The summed E-state index contributed by atoms with van der Waals surface area (Å²) in [6.07, 6.45) is 0. The average molecular weight is 294 g/mol. The number of methoxy groups -OCH3 is 1. The Bertz CT molecular complexity index is 643. The van der Waals surface area contributed by atoms with Gasteiger partial charge in [0.15, 0.2) is 0 Å². The lowest BCUT2D eigenvalue weighted by molar-refractivity contribution is 0.411. The lowest BCUT2D eigenvalue weighted by Crippen LogP contribution is -2.14. The van der Waals surface area contributed by atoms with E-state index in [9.17, 15) is 4.39 Å². The Morgan fingerprint density at radius 3 is 2.50 bits per heavy atom. The molecule has 0 saturated heterocycles. The molecule has 1 atom stereocenters. The molecular weight excluding hydrogens is 277 g/mol. The molecule has 4 heteroatoms. The molecule has 0 aliphatic rings. The maximum atomic E-state index is 13.5. The van der Waals surface area contributed by atoms with Crippen molar-refractivity contribution in [3.05, 3.63) is 63.4 Å². The average Bonchev–Trinajstić information content (AvgIpc) is 2.43. The summed E-state index contributed by atoms with van der Waals surface area (Å²) in [6, 6.07) is 8.10. The van der Waals surface area contributed by atoms with Crippen LogP contribution in [0.5, 0.6) is 5.75 Å². The third-order valence-corrected chi connectivity index (χ3v) is 3.83. The van der Waals surface area contributed by atoms with Crippen molar-refractivity contribution in [2.75, 3.05) is 7.11 Å². The van der Waals surface area contributed by atoms with Gasteiger partial charge in [0.05, 0.1) is 18.2 Å². The van der Waals surface area contributed by atoms with Crippen LogP contribution in [0.4, 0.5) is 4.39 Å². The SMILES string of the molecule is COc1cc(C)c(C(N)c2cccc(F)c2Cl)cc1C. The Labute approximate surface area is 123 Å². The van der Waals surface area contributed by atoms with E-state index < -0.39 is 11.9 Å². The molecule has 0 amide bonds. The summed E-state index contributed by atoms with van der Waals surface area (Å²) in [5.41, 5.74) is 9.72. The molecule has 0 aromatic heterocycles. The first kappa shape index (κ1) is 14.8. The van der Waals surface area contributed by atoms with Crippen molar-refractivity contribution < 1.29 is 9.13 Å². The molecule has 1 unspecified atom stereocenters. The second-order valence-electron chi connectivity index (χ2n) is 4.80. The van der Waals surface area contributed by atoms with Crippen LogP contribution in [0.3, 0.4) is 0 Å². The number of hydrogen-bond acceptors (Lipinski definition) is 2. The highest BCUT2D eigenvalue weighted by atomic mass is 35.5. The summed E-state index contributed by atoms with van der Waals surface area (Å²) in [5, 5.41) is 0.0767. The van der Waals surface area contributed by atoms with Crippen molar-refractivity contribution in [1.29, 1.82) is 0 Å². The van der Waals surface area contributed by atoms with E-state index in [2.05, 4.69) is 0 Å².